The van der Waals surface area contributed by atoms with Gasteiger partial charge >= 0.3 is 0 Å². The molecule has 0 aliphatic carbocycles. The lowest BCUT2D eigenvalue weighted by atomic mass is 10.0. The largest absolute Gasteiger partial charge is 0.390 e. The number of β-amino-alcohol motifs (C(OH)–C–C–N with tert-alkyl or cyclic N) is 1. The van der Waals surface area contributed by atoms with Crippen molar-refractivity contribution in [2.24, 2.45) is 0 Å². The smallest absolute Gasteiger partial charge is 0.280 e. The predicted molar refractivity (Wildman–Crippen MR) is 75.3 cm³/mol. The van der Waals surface area contributed by atoms with Gasteiger partial charge in [-0.3, -0.25) is 0 Å². The molecule has 110 valence electrons. The van der Waals surface area contributed by atoms with Gasteiger partial charge in [0.1, 0.15) is 0 Å². The maximum atomic E-state index is 12.4. The average molecular weight is 297 g/mol. The third-order valence-corrected chi connectivity index (χ3v) is 5.51. The second-order valence-corrected chi connectivity index (χ2v) is 7.01. The minimum absolute atomic E-state index is 0.391. The highest BCUT2D eigenvalue weighted by atomic mass is 32.2. The molecule has 2 aliphatic rings. The first kappa shape index (κ1) is 14.0. The van der Waals surface area contributed by atoms with E-state index < -0.39 is 22.4 Å². The molecular formula is C13H19N3O3S. The molecule has 0 saturated carbocycles. The van der Waals surface area contributed by atoms with Gasteiger partial charge < -0.3 is 10.4 Å². The molecule has 3 rings (SSSR count). The molecule has 0 unspecified atom stereocenters. The molecule has 6 nitrogen and oxygen atoms in total. The van der Waals surface area contributed by atoms with E-state index in [9.17, 15) is 13.5 Å². The van der Waals surface area contributed by atoms with E-state index in [1.807, 2.05) is 24.3 Å². The van der Waals surface area contributed by atoms with Crippen molar-refractivity contribution in [2.75, 3.05) is 19.6 Å². The summed E-state index contributed by atoms with van der Waals surface area (Å²) in [6.45, 7) is 1.76. The van der Waals surface area contributed by atoms with Crippen LogP contribution in [0, 0.1) is 0 Å². The molecule has 7 heteroatoms. The van der Waals surface area contributed by atoms with Crippen LogP contribution in [0.4, 0.5) is 0 Å². The Kier molecular flexibility index (Phi) is 3.78. The molecule has 1 fully saturated rings. The molecule has 2 heterocycles. The van der Waals surface area contributed by atoms with Gasteiger partial charge in [0.25, 0.3) is 10.2 Å². The molecule has 1 saturated heterocycles. The van der Waals surface area contributed by atoms with Crippen LogP contribution in [0.15, 0.2) is 24.3 Å². The SMILES string of the molecule is O=S(=O)(N[C@@H]1CNC[C@H]1O)N1CCc2ccccc2C1. The summed E-state index contributed by atoms with van der Waals surface area (Å²) in [5.74, 6) is 0. The van der Waals surface area contributed by atoms with Gasteiger partial charge in [0.2, 0.25) is 0 Å². The van der Waals surface area contributed by atoms with E-state index in [0.29, 0.717) is 26.2 Å². The Morgan fingerprint density at radius 2 is 2.00 bits per heavy atom. The van der Waals surface area contributed by atoms with Gasteiger partial charge in [-0.15, -0.1) is 0 Å². The lowest BCUT2D eigenvalue weighted by molar-refractivity contribution is 0.171. The van der Waals surface area contributed by atoms with Crippen molar-refractivity contribution in [2.45, 2.75) is 25.1 Å². The van der Waals surface area contributed by atoms with Crippen LogP contribution in [-0.2, 0) is 23.2 Å². The Bertz CT molecular complexity index is 590. The van der Waals surface area contributed by atoms with E-state index in [0.717, 1.165) is 12.0 Å². The van der Waals surface area contributed by atoms with Crippen LogP contribution in [0.1, 0.15) is 11.1 Å². The number of hydrogen-bond donors (Lipinski definition) is 3. The molecule has 20 heavy (non-hydrogen) atoms. The van der Waals surface area contributed by atoms with Gasteiger partial charge in [-0.05, 0) is 17.5 Å². The second kappa shape index (κ2) is 5.42. The van der Waals surface area contributed by atoms with Gasteiger partial charge in [-0.1, -0.05) is 24.3 Å². The maximum absolute atomic E-state index is 12.4. The number of nitrogens with one attached hydrogen (secondary N) is 2. The Balaban J connectivity index is 1.73. The fourth-order valence-corrected chi connectivity index (χ4v) is 4.14. The third-order valence-electron chi connectivity index (χ3n) is 3.92. The number of rotatable bonds is 3. The minimum atomic E-state index is -3.56. The molecule has 1 aromatic rings. The predicted octanol–water partition coefficient (Wildman–Crippen LogP) is -0.788. The topological polar surface area (TPSA) is 81.7 Å². The van der Waals surface area contributed by atoms with E-state index in [2.05, 4.69) is 10.0 Å². The summed E-state index contributed by atoms with van der Waals surface area (Å²) in [5, 5.41) is 12.7. The molecule has 2 atom stereocenters. The van der Waals surface area contributed by atoms with Crippen molar-refractivity contribution in [3.05, 3.63) is 35.4 Å². The highest BCUT2D eigenvalue weighted by molar-refractivity contribution is 7.87. The summed E-state index contributed by atoms with van der Waals surface area (Å²) in [4.78, 5) is 0. The maximum Gasteiger partial charge on any atom is 0.280 e. The monoisotopic (exact) mass is 297 g/mol. The average Bonchev–Trinajstić information content (AvgIpc) is 2.83. The minimum Gasteiger partial charge on any atom is -0.390 e. The van der Waals surface area contributed by atoms with Gasteiger partial charge in [-0.25, -0.2) is 0 Å². The molecule has 2 aliphatic heterocycles. The summed E-state index contributed by atoms with van der Waals surface area (Å²) in [7, 11) is -3.56. The highest BCUT2D eigenvalue weighted by Crippen LogP contribution is 2.20. The van der Waals surface area contributed by atoms with Crippen molar-refractivity contribution < 1.29 is 13.5 Å². The fourth-order valence-electron chi connectivity index (χ4n) is 2.73. The number of aliphatic hydroxyl groups excluding tert-OH is 1. The van der Waals surface area contributed by atoms with Crippen molar-refractivity contribution in [3.63, 3.8) is 0 Å². The van der Waals surface area contributed by atoms with Gasteiger partial charge in [0.05, 0.1) is 12.1 Å². The lowest BCUT2D eigenvalue weighted by Gasteiger charge is -2.29. The van der Waals surface area contributed by atoms with E-state index in [4.69, 9.17) is 0 Å². The van der Waals surface area contributed by atoms with Crippen LogP contribution >= 0.6 is 0 Å². The normalized spacial score (nSPS) is 27.4. The zero-order valence-corrected chi connectivity index (χ0v) is 11.9. The van der Waals surface area contributed by atoms with Gasteiger partial charge in [0.15, 0.2) is 0 Å². The van der Waals surface area contributed by atoms with E-state index in [1.165, 1.54) is 9.87 Å². The molecule has 0 bridgehead atoms. The number of nitrogens with zero attached hydrogens (tertiary/aromatic N) is 1. The van der Waals surface area contributed by atoms with Gasteiger partial charge in [0, 0.05) is 26.2 Å². The molecule has 1 aromatic carbocycles. The molecule has 0 amide bonds. The molecule has 0 spiro atoms. The van der Waals surface area contributed by atoms with Crippen LogP contribution in [0.2, 0.25) is 0 Å². The summed E-state index contributed by atoms with van der Waals surface area (Å²) >= 11 is 0. The van der Waals surface area contributed by atoms with Crippen molar-refractivity contribution >= 4 is 10.2 Å². The van der Waals surface area contributed by atoms with Crippen LogP contribution < -0.4 is 10.0 Å². The Labute approximate surface area is 119 Å². The first-order valence-electron chi connectivity index (χ1n) is 6.79. The molecule has 3 N–H and O–H groups in total. The first-order chi connectivity index (χ1) is 9.56. The van der Waals surface area contributed by atoms with Crippen molar-refractivity contribution in [3.8, 4) is 0 Å². The summed E-state index contributed by atoms with van der Waals surface area (Å²) in [5.41, 5.74) is 2.26. The van der Waals surface area contributed by atoms with E-state index >= 15 is 0 Å². The van der Waals surface area contributed by atoms with E-state index in [-0.39, 0.29) is 0 Å². The van der Waals surface area contributed by atoms with Crippen LogP contribution in [0.5, 0.6) is 0 Å². The number of benzene rings is 1. The van der Waals surface area contributed by atoms with Crippen molar-refractivity contribution in [1.82, 2.24) is 14.3 Å². The zero-order chi connectivity index (χ0) is 14.2. The van der Waals surface area contributed by atoms with Gasteiger partial charge in [-0.2, -0.15) is 17.4 Å². The summed E-state index contributed by atoms with van der Waals surface area (Å²) in [6, 6.07) is 7.45. The third kappa shape index (κ3) is 2.72. The second-order valence-electron chi connectivity index (χ2n) is 5.31. The van der Waals surface area contributed by atoms with Crippen molar-refractivity contribution in [1.29, 1.82) is 0 Å². The summed E-state index contributed by atoms with van der Waals surface area (Å²) < 4.78 is 28.8. The fraction of sp³-hybridized carbons (Fsp3) is 0.538. The molecular weight excluding hydrogens is 278 g/mol. The quantitative estimate of drug-likeness (QED) is 0.683. The van der Waals surface area contributed by atoms with E-state index in [1.54, 1.807) is 0 Å². The number of aliphatic hydroxyl groups is 1. The Morgan fingerprint density at radius 1 is 1.25 bits per heavy atom. The molecule has 0 aromatic heterocycles. The Hall–Kier alpha value is -0.990. The highest BCUT2D eigenvalue weighted by Gasteiger charge is 2.33. The van der Waals surface area contributed by atoms with Crippen LogP contribution in [0.25, 0.3) is 0 Å². The van der Waals surface area contributed by atoms with Crippen LogP contribution in [0.3, 0.4) is 0 Å². The molecule has 0 radical (unpaired) electrons. The van der Waals surface area contributed by atoms with Crippen LogP contribution in [-0.4, -0.2) is 49.6 Å². The Morgan fingerprint density at radius 3 is 2.70 bits per heavy atom. The number of fused-ring (bicyclic) bond motifs is 1. The summed E-state index contributed by atoms with van der Waals surface area (Å²) in [6.07, 6.45) is 0.0598. The standard InChI is InChI=1S/C13H19N3O3S/c17-13-8-14-7-12(13)15-20(18,19)16-6-5-10-3-1-2-4-11(10)9-16/h1-4,12-15,17H,5-9H2/t12-,13-/m1/s1. The zero-order valence-electron chi connectivity index (χ0n) is 11.1. The number of hydrogen-bond acceptors (Lipinski definition) is 4. The lowest BCUT2D eigenvalue weighted by Crippen LogP contribution is -2.50. The first-order valence-corrected chi connectivity index (χ1v) is 8.23.